The van der Waals surface area contributed by atoms with E-state index in [-0.39, 0.29) is 6.09 Å². The van der Waals surface area contributed by atoms with Crippen molar-refractivity contribution < 1.29 is 33.2 Å². The first kappa shape index (κ1) is 27.1. The molecule has 0 radical (unpaired) electrons. The highest BCUT2D eigenvalue weighted by atomic mass is 16.6. The lowest BCUT2D eigenvalue weighted by Crippen LogP contribution is -2.36. The molecule has 8 nitrogen and oxygen atoms in total. The minimum Gasteiger partial charge on any atom is -0.444 e. The fraction of sp³-hybridized carbons (Fsp3) is 0.950. The van der Waals surface area contributed by atoms with Gasteiger partial charge in [0.1, 0.15) is 5.60 Å². The fourth-order valence-corrected chi connectivity index (χ4v) is 1.86. The lowest BCUT2D eigenvalue weighted by Gasteiger charge is -2.24. The Hall–Kier alpha value is -0.930. The van der Waals surface area contributed by atoms with Crippen molar-refractivity contribution in [3.8, 4) is 0 Å². The Morgan fingerprint density at radius 1 is 0.714 bits per heavy atom. The number of likely N-dealkylation sites (N-methyl/N-ethyl adjacent to an activating group) is 1. The molecule has 0 aliphatic heterocycles. The minimum absolute atomic E-state index is 0.350. The maximum Gasteiger partial charge on any atom is 0.410 e. The van der Waals surface area contributed by atoms with Gasteiger partial charge in [-0.3, -0.25) is 0 Å². The first-order valence-electron chi connectivity index (χ1n) is 10.2. The van der Waals surface area contributed by atoms with Crippen molar-refractivity contribution in [1.82, 2.24) is 4.90 Å². The van der Waals surface area contributed by atoms with Crippen LogP contribution in [0.2, 0.25) is 0 Å². The maximum absolute atomic E-state index is 11.8. The van der Waals surface area contributed by atoms with Crippen molar-refractivity contribution in [3.63, 3.8) is 0 Å². The predicted octanol–water partition coefficient (Wildman–Crippen LogP) is 2.74. The van der Waals surface area contributed by atoms with Crippen LogP contribution in [0.3, 0.4) is 0 Å². The minimum atomic E-state index is -0.489. The van der Waals surface area contributed by atoms with Crippen LogP contribution in [0.4, 0.5) is 4.79 Å². The molecule has 0 saturated carbocycles. The second kappa shape index (κ2) is 18.1. The number of amides is 1. The summed E-state index contributed by atoms with van der Waals surface area (Å²) in [5.41, 5.74) is -0.489. The van der Waals surface area contributed by atoms with Gasteiger partial charge in [-0.05, 0) is 27.2 Å². The first-order valence-corrected chi connectivity index (χ1v) is 10.2. The SMILES string of the molecule is CCCCOCCOCCOCCOCCOCCN(C)C(=O)OC(C)(C)C. The van der Waals surface area contributed by atoms with Gasteiger partial charge in [0.15, 0.2) is 0 Å². The van der Waals surface area contributed by atoms with Crippen LogP contribution >= 0.6 is 0 Å². The van der Waals surface area contributed by atoms with Gasteiger partial charge >= 0.3 is 6.09 Å². The summed E-state index contributed by atoms with van der Waals surface area (Å²) >= 11 is 0. The van der Waals surface area contributed by atoms with Crippen LogP contribution in [0.15, 0.2) is 0 Å². The summed E-state index contributed by atoms with van der Waals surface area (Å²) in [4.78, 5) is 13.3. The number of rotatable bonds is 18. The average molecular weight is 408 g/mol. The van der Waals surface area contributed by atoms with Gasteiger partial charge in [0.25, 0.3) is 0 Å². The molecule has 0 rings (SSSR count). The van der Waals surface area contributed by atoms with Crippen LogP contribution in [0.25, 0.3) is 0 Å². The molecule has 0 atom stereocenters. The lowest BCUT2D eigenvalue weighted by atomic mass is 10.2. The Labute approximate surface area is 170 Å². The van der Waals surface area contributed by atoms with Gasteiger partial charge in [0, 0.05) is 20.2 Å². The molecular formula is C20H41NO7. The molecule has 0 aromatic heterocycles. The van der Waals surface area contributed by atoms with Gasteiger partial charge in [-0.25, -0.2) is 4.79 Å². The van der Waals surface area contributed by atoms with E-state index in [2.05, 4.69) is 6.92 Å². The molecule has 0 bridgehead atoms. The van der Waals surface area contributed by atoms with E-state index in [0.29, 0.717) is 66.0 Å². The number of hydrogen-bond acceptors (Lipinski definition) is 7. The van der Waals surface area contributed by atoms with E-state index in [1.54, 1.807) is 7.05 Å². The van der Waals surface area contributed by atoms with E-state index in [9.17, 15) is 4.79 Å². The first-order chi connectivity index (χ1) is 13.4. The van der Waals surface area contributed by atoms with E-state index in [1.807, 2.05) is 20.8 Å². The van der Waals surface area contributed by atoms with Crippen LogP contribution in [-0.2, 0) is 28.4 Å². The van der Waals surface area contributed by atoms with Gasteiger partial charge in [0.2, 0.25) is 0 Å². The van der Waals surface area contributed by atoms with Crippen molar-refractivity contribution in [2.24, 2.45) is 0 Å². The molecule has 0 aromatic rings. The van der Waals surface area contributed by atoms with E-state index in [4.69, 9.17) is 28.4 Å². The van der Waals surface area contributed by atoms with Crippen molar-refractivity contribution >= 4 is 6.09 Å². The normalized spacial score (nSPS) is 11.6. The molecule has 0 fully saturated rings. The standard InChI is InChI=1S/C20H41NO7/c1-6-7-9-23-11-13-25-15-17-27-18-16-26-14-12-24-10-8-21(5)19(22)28-20(2,3)4/h6-18H2,1-5H3. The average Bonchev–Trinajstić information content (AvgIpc) is 2.62. The molecule has 168 valence electrons. The number of hydrogen-bond donors (Lipinski definition) is 0. The zero-order chi connectivity index (χ0) is 21.1. The molecule has 1 amide bonds. The third kappa shape index (κ3) is 19.8. The Balaban J connectivity index is 3.24. The van der Waals surface area contributed by atoms with Crippen molar-refractivity contribution in [2.75, 3.05) is 79.7 Å². The summed E-state index contributed by atoms with van der Waals surface area (Å²) in [7, 11) is 1.69. The number of nitrogens with zero attached hydrogens (tertiary/aromatic N) is 1. The Kier molecular flexibility index (Phi) is 17.5. The lowest BCUT2D eigenvalue weighted by molar-refractivity contribution is -0.0131. The monoisotopic (exact) mass is 407 g/mol. The topological polar surface area (TPSA) is 75.7 Å². The van der Waals surface area contributed by atoms with Crippen molar-refractivity contribution in [2.45, 2.75) is 46.1 Å². The van der Waals surface area contributed by atoms with Crippen molar-refractivity contribution in [3.05, 3.63) is 0 Å². The largest absolute Gasteiger partial charge is 0.444 e. The molecular weight excluding hydrogens is 366 g/mol. The van der Waals surface area contributed by atoms with Crippen LogP contribution in [0.1, 0.15) is 40.5 Å². The molecule has 0 saturated heterocycles. The smallest absolute Gasteiger partial charge is 0.410 e. The van der Waals surface area contributed by atoms with Crippen LogP contribution in [-0.4, -0.2) is 96.3 Å². The Morgan fingerprint density at radius 2 is 1.11 bits per heavy atom. The molecule has 0 unspecified atom stereocenters. The number of ether oxygens (including phenoxy) is 6. The third-order valence-corrected chi connectivity index (χ3v) is 3.41. The molecule has 8 heteroatoms. The van der Waals surface area contributed by atoms with E-state index in [1.165, 1.54) is 4.90 Å². The quantitative estimate of drug-likeness (QED) is 0.323. The Morgan fingerprint density at radius 3 is 1.50 bits per heavy atom. The highest BCUT2D eigenvalue weighted by Crippen LogP contribution is 2.08. The fourth-order valence-electron chi connectivity index (χ4n) is 1.86. The van der Waals surface area contributed by atoms with E-state index in [0.717, 1.165) is 19.4 Å². The zero-order valence-electron chi connectivity index (χ0n) is 18.5. The molecule has 0 aliphatic rings. The van der Waals surface area contributed by atoms with Gasteiger partial charge in [-0.15, -0.1) is 0 Å². The van der Waals surface area contributed by atoms with E-state index < -0.39 is 5.60 Å². The number of carbonyl (C=O) groups excluding carboxylic acids is 1. The van der Waals surface area contributed by atoms with Crippen LogP contribution in [0.5, 0.6) is 0 Å². The Bertz CT molecular complexity index is 361. The zero-order valence-corrected chi connectivity index (χ0v) is 18.5. The van der Waals surface area contributed by atoms with Gasteiger partial charge < -0.3 is 33.3 Å². The molecule has 0 spiro atoms. The molecule has 28 heavy (non-hydrogen) atoms. The number of carbonyl (C=O) groups is 1. The summed E-state index contributed by atoms with van der Waals surface area (Å²) in [5, 5.41) is 0. The predicted molar refractivity (Wildman–Crippen MR) is 108 cm³/mol. The molecule has 0 aromatic carbocycles. The van der Waals surface area contributed by atoms with Crippen LogP contribution in [0, 0.1) is 0 Å². The summed E-state index contributed by atoms with van der Waals surface area (Å²) < 4.78 is 32.3. The van der Waals surface area contributed by atoms with Crippen LogP contribution < -0.4 is 0 Å². The summed E-state index contributed by atoms with van der Waals surface area (Å²) in [6.45, 7) is 13.7. The number of unbranched alkanes of at least 4 members (excludes halogenated alkanes) is 1. The maximum atomic E-state index is 11.8. The van der Waals surface area contributed by atoms with Gasteiger partial charge in [0.05, 0.1) is 59.5 Å². The molecule has 0 N–H and O–H groups in total. The van der Waals surface area contributed by atoms with Gasteiger partial charge in [-0.2, -0.15) is 0 Å². The molecule has 0 heterocycles. The second-order valence-corrected chi connectivity index (χ2v) is 7.32. The summed E-state index contributed by atoms with van der Waals surface area (Å²) in [6, 6.07) is 0. The third-order valence-electron chi connectivity index (χ3n) is 3.41. The second-order valence-electron chi connectivity index (χ2n) is 7.32. The summed E-state index contributed by atoms with van der Waals surface area (Å²) in [6.07, 6.45) is 1.89. The van der Waals surface area contributed by atoms with Crippen molar-refractivity contribution in [1.29, 1.82) is 0 Å². The summed E-state index contributed by atoms with van der Waals surface area (Å²) in [5.74, 6) is 0. The molecule has 0 aliphatic carbocycles. The van der Waals surface area contributed by atoms with Gasteiger partial charge in [-0.1, -0.05) is 13.3 Å². The highest BCUT2D eigenvalue weighted by Gasteiger charge is 2.19. The van der Waals surface area contributed by atoms with E-state index >= 15 is 0 Å². The highest BCUT2D eigenvalue weighted by molar-refractivity contribution is 5.67.